The average Bonchev–Trinajstić information content (AvgIpc) is 2.73. The molecule has 1 unspecified atom stereocenters. The van der Waals surface area contributed by atoms with Crippen molar-refractivity contribution in [2.24, 2.45) is 0 Å². The number of carbonyl (C=O) groups is 1. The number of rotatable bonds is 1. The summed E-state index contributed by atoms with van der Waals surface area (Å²) in [7, 11) is 0. The summed E-state index contributed by atoms with van der Waals surface area (Å²) in [5, 5.41) is 0.103. The van der Waals surface area contributed by atoms with E-state index in [0.29, 0.717) is 17.9 Å². The quantitative estimate of drug-likeness (QED) is 0.669. The van der Waals surface area contributed by atoms with Crippen LogP contribution in [0.5, 0.6) is 0 Å². The van der Waals surface area contributed by atoms with Gasteiger partial charge in [0.05, 0.1) is 17.2 Å². The van der Waals surface area contributed by atoms with E-state index in [1.165, 1.54) is 6.26 Å². The van der Waals surface area contributed by atoms with Gasteiger partial charge in [0.1, 0.15) is 5.76 Å². The number of nitrogens with zero attached hydrogens (tertiary/aromatic N) is 1. The molecule has 0 aromatic carbocycles. The molecule has 2 rings (SSSR count). The van der Waals surface area contributed by atoms with Gasteiger partial charge in [-0.15, -0.1) is 11.6 Å². The summed E-state index contributed by atoms with van der Waals surface area (Å²) >= 11 is 5.93. The highest BCUT2D eigenvalue weighted by atomic mass is 35.5. The summed E-state index contributed by atoms with van der Waals surface area (Å²) < 4.78 is 5.09. The minimum absolute atomic E-state index is 0.0272. The second kappa shape index (κ2) is 3.65. The Morgan fingerprint density at radius 2 is 2.50 bits per heavy atom. The number of furan rings is 1. The Bertz CT molecular complexity index is 348. The Morgan fingerprint density at radius 3 is 3.00 bits per heavy atom. The van der Waals surface area contributed by atoms with Gasteiger partial charge in [-0.3, -0.25) is 4.79 Å². The number of alkyl halides is 1. The molecule has 1 amide bonds. The molecule has 4 heteroatoms. The predicted molar refractivity (Wildman–Crippen MR) is 53.6 cm³/mol. The molecule has 1 atom stereocenters. The maximum absolute atomic E-state index is 11.9. The van der Waals surface area contributed by atoms with Crippen molar-refractivity contribution in [2.75, 3.05) is 13.1 Å². The van der Waals surface area contributed by atoms with Crippen LogP contribution in [0.15, 0.2) is 16.7 Å². The van der Waals surface area contributed by atoms with Gasteiger partial charge >= 0.3 is 0 Å². The summed E-state index contributed by atoms with van der Waals surface area (Å²) in [5.41, 5.74) is 0.649. The number of aryl methyl sites for hydroxylation is 1. The van der Waals surface area contributed by atoms with Crippen molar-refractivity contribution in [3.8, 4) is 0 Å². The van der Waals surface area contributed by atoms with Gasteiger partial charge in [0.2, 0.25) is 0 Å². The zero-order valence-electron chi connectivity index (χ0n) is 8.00. The molecule has 1 saturated heterocycles. The molecule has 1 aliphatic heterocycles. The van der Waals surface area contributed by atoms with E-state index in [0.717, 1.165) is 13.0 Å². The maximum atomic E-state index is 11.9. The van der Waals surface area contributed by atoms with Crippen LogP contribution in [0.1, 0.15) is 22.5 Å². The SMILES string of the molecule is Cc1occc1C(=O)N1CCC(Cl)C1. The largest absolute Gasteiger partial charge is 0.469 e. The second-order valence-corrected chi connectivity index (χ2v) is 4.14. The molecule has 0 spiro atoms. The number of halogens is 1. The van der Waals surface area contributed by atoms with Crippen LogP contribution in [-0.4, -0.2) is 29.3 Å². The van der Waals surface area contributed by atoms with Crippen LogP contribution in [0, 0.1) is 6.92 Å². The zero-order chi connectivity index (χ0) is 10.1. The van der Waals surface area contributed by atoms with E-state index in [9.17, 15) is 4.79 Å². The number of amides is 1. The van der Waals surface area contributed by atoms with Gasteiger partial charge in [-0.2, -0.15) is 0 Å². The third-order valence-corrected chi connectivity index (χ3v) is 2.86. The molecule has 14 heavy (non-hydrogen) atoms. The van der Waals surface area contributed by atoms with E-state index < -0.39 is 0 Å². The lowest BCUT2D eigenvalue weighted by atomic mass is 10.2. The van der Waals surface area contributed by atoms with Crippen LogP contribution in [0.25, 0.3) is 0 Å². The molecule has 0 saturated carbocycles. The molecule has 1 fully saturated rings. The van der Waals surface area contributed by atoms with Crippen LogP contribution >= 0.6 is 11.6 Å². The van der Waals surface area contributed by atoms with Crippen molar-refractivity contribution in [2.45, 2.75) is 18.7 Å². The normalized spacial score (nSPS) is 21.6. The summed E-state index contributed by atoms with van der Waals surface area (Å²) in [4.78, 5) is 13.7. The fraction of sp³-hybridized carbons (Fsp3) is 0.500. The molecule has 3 nitrogen and oxygen atoms in total. The first-order valence-corrected chi connectivity index (χ1v) is 5.09. The van der Waals surface area contributed by atoms with Gasteiger partial charge in [-0.25, -0.2) is 0 Å². The first-order chi connectivity index (χ1) is 6.68. The molecule has 0 aliphatic carbocycles. The minimum Gasteiger partial charge on any atom is -0.469 e. The molecule has 1 aliphatic rings. The van der Waals surface area contributed by atoms with Gasteiger partial charge in [0, 0.05) is 13.1 Å². The van der Waals surface area contributed by atoms with E-state index in [-0.39, 0.29) is 11.3 Å². The van der Waals surface area contributed by atoms with Crippen molar-refractivity contribution in [3.05, 3.63) is 23.7 Å². The van der Waals surface area contributed by atoms with Gasteiger partial charge in [-0.05, 0) is 19.4 Å². The van der Waals surface area contributed by atoms with E-state index in [4.69, 9.17) is 16.0 Å². The second-order valence-electron chi connectivity index (χ2n) is 3.53. The van der Waals surface area contributed by atoms with Crippen LogP contribution in [0.3, 0.4) is 0 Å². The number of carbonyl (C=O) groups excluding carboxylic acids is 1. The Morgan fingerprint density at radius 1 is 1.71 bits per heavy atom. The zero-order valence-corrected chi connectivity index (χ0v) is 8.75. The van der Waals surface area contributed by atoms with Crippen molar-refractivity contribution >= 4 is 17.5 Å². The molecule has 76 valence electrons. The predicted octanol–water partition coefficient (Wildman–Crippen LogP) is 2.04. The standard InChI is InChI=1S/C10H12ClNO2/c1-7-9(3-5-14-7)10(13)12-4-2-8(11)6-12/h3,5,8H,2,4,6H2,1H3. The molecule has 1 aromatic heterocycles. The first kappa shape index (κ1) is 9.59. The van der Waals surface area contributed by atoms with E-state index in [1.54, 1.807) is 17.9 Å². The first-order valence-electron chi connectivity index (χ1n) is 4.66. The van der Waals surface area contributed by atoms with Crippen molar-refractivity contribution in [1.29, 1.82) is 0 Å². The van der Waals surface area contributed by atoms with Crippen LogP contribution < -0.4 is 0 Å². The molecule has 0 bridgehead atoms. The lowest BCUT2D eigenvalue weighted by Crippen LogP contribution is -2.28. The Kier molecular flexibility index (Phi) is 2.50. The van der Waals surface area contributed by atoms with Crippen molar-refractivity contribution in [3.63, 3.8) is 0 Å². The average molecular weight is 214 g/mol. The fourth-order valence-corrected chi connectivity index (χ4v) is 1.94. The molecule has 2 heterocycles. The van der Waals surface area contributed by atoms with Gasteiger partial charge in [0.25, 0.3) is 5.91 Å². The van der Waals surface area contributed by atoms with Crippen LogP contribution in [-0.2, 0) is 0 Å². The minimum atomic E-state index is 0.0272. The molecule has 0 radical (unpaired) electrons. The van der Waals surface area contributed by atoms with Crippen molar-refractivity contribution < 1.29 is 9.21 Å². The van der Waals surface area contributed by atoms with Gasteiger partial charge in [0.15, 0.2) is 0 Å². The van der Waals surface area contributed by atoms with Gasteiger partial charge in [-0.1, -0.05) is 0 Å². The third-order valence-electron chi connectivity index (χ3n) is 2.51. The highest BCUT2D eigenvalue weighted by Crippen LogP contribution is 2.19. The maximum Gasteiger partial charge on any atom is 0.257 e. The lowest BCUT2D eigenvalue weighted by molar-refractivity contribution is 0.0791. The number of hydrogen-bond acceptors (Lipinski definition) is 2. The summed E-state index contributed by atoms with van der Waals surface area (Å²) in [6.07, 6.45) is 2.42. The fourth-order valence-electron chi connectivity index (χ4n) is 1.68. The summed E-state index contributed by atoms with van der Waals surface area (Å²) in [6.45, 7) is 3.18. The lowest BCUT2D eigenvalue weighted by Gasteiger charge is -2.14. The van der Waals surface area contributed by atoms with E-state index in [2.05, 4.69) is 0 Å². The Hall–Kier alpha value is -0.960. The van der Waals surface area contributed by atoms with E-state index in [1.807, 2.05) is 0 Å². The van der Waals surface area contributed by atoms with Crippen LogP contribution in [0.4, 0.5) is 0 Å². The smallest absolute Gasteiger partial charge is 0.257 e. The monoisotopic (exact) mass is 213 g/mol. The molecular formula is C10H12ClNO2. The third kappa shape index (κ3) is 1.64. The molecule has 0 N–H and O–H groups in total. The highest BCUT2D eigenvalue weighted by Gasteiger charge is 2.26. The van der Waals surface area contributed by atoms with Crippen LogP contribution in [0.2, 0.25) is 0 Å². The van der Waals surface area contributed by atoms with Gasteiger partial charge < -0.3 is 9.32 Å². The van der Waals surface area contributed by atoms with E-state index >= 15 is 0 Å². The topological polar surface area (TPSA) is 33.5 Å². The Labute approximate surface area is 87.6 Å². The molecule has 1 aromatic rings. The number of hydrogen-bond donors (Lipinski definition) is 0. The number of likely N-dealkylation sites (tertiary alicyclic amines) is 1. The highest BCUT2D eigenvalue weighted by molar-refractivity contribution is 6.21. The summed E-state index contributed by atoms with van der Waals surface area (Å²) in [6, 6.07) is 1.71. The Balaban J connectivity index is 2.13. The summed E-state index contributed by atoms with van der Waals surface area (Å²) in [5.74, 6) is 0.701. The molecular weight excluding hydrogens is 202 g/mol. The van der Waals surface area contributed by atoms with Crippen molar-refractivity contribution in [1.82, 2.24) is 4.90 Å².